The molecule has 5 nitrogen and oxygen atoms in total. The van der Waals surface area contributed by atoms with E-state index in [0.717, 1.165) is 42.1 Å². The Balaban J connectivity index is 1.65. The van der Waals surface area contributed by atoms with Crippen molar-refractivity contribution in [3.8, 4) is 0 Å². The zero-order valence-electron chi connectivity index (χ0n) is 10.7. The Bertz CT molecular complexity index is 405. The highest BCUT2D eigenvalue weighted by Gasteiger charge is 2.10. The van der Waals surface area contributed by atoms with E-state index < -0.39 is 0 Å². The lowest BCUT2D eigenvalue weighted by Gasteiger charge is -2.26. The molecule has 104 valence electrons. The largest absolute Gasteiger partial charge is 0.379 e. The van der Waals surface area contributed by atoms with Crippen molar-refractivity contribution in [1.29, 1.82) is 0 Å². The van der Waals surface area contributed by atoms with Crippen LogP contribution >= 0.6 is 22.6 Å². The van der Waals surface area contributed by atoms with Gasteiger partial charge in [0.05, 0.1) is 13.2 Å². The molecule has 0 spiro atoms. The van der Waals surface area contributed by atoms with Crippen LogP contribution in [-0.2, 0) is 4.74 Å². The topological polar surface area (TPSA) is 53.6 Å². The number of ether oxygens (including phenoxy) is 1. The third-order valence-corrected chi connectivity index (χ3v) is 3.64. The third-order valence-electron chi connectivity index (χ3n) is 2.92. The average Bonchev–Trinajstić information content (AvgIpc) is 2.43. The van der Waals surface area contributed by atoms with Gasteiger partial charge in [-0.15, -0.1) is 0 Å². The number of nitrogens with zero attached hydrogens (tertiary/aromatic N) is 1. The molecule has 1 aliphatic rings. The number of nitrogens with one attached hydrogen (secondary N) is 2. The number of anilines is 1. The minimum atomic E-state index is -0.158. The molecule has 1 heterocycles. The van der Waals surface area contributed by atoms with E-state index in [4.69, 9.17) is 4.74 Å². The Morgan fingerprint density at radius 1 is 1.26 bits per heavy atom. The summed E-state index contributed by atoms with van der Waals surface area (Å²) in [6, 6.07) is 7.55. The second kappa shape index (κ2) is 7.66. The van der Waals surface area contributed by atoms with Gasteiger partial charge in [0.1, 0.15) is 0 Å². The second-order valence-electron chi connectivity index (χ2n) is 4.34. The molecule has 0 radical (unpaired) electrons. The van der Waals surface area contributed by atoms with Crippen molar-refractivity contribution in [1.82, 2.24) is 10.2 Å². The summed E-state index contributed by atoms with van der Waals surface area (Å²) in [6.07, 6.45) is 0. The summed E-state index contributed by atoms with van der Waals surface area (Å²) < 4.78 is 6.42. The number of halogens is 1. The molecular formula is C13H18IN3O2. The fraction of sp³-hybridized carbons (Fsp3) is 0.462. The Morgan fingerprint density at radius 3 is 2.63 bits per heavy atom. The van der Waals surface area contributed by atoms with Gasteiger partial charge in [0.15, 0.2) is 0 Å². The molecule has 19 heavy (non-hydrogen) atoms. The van der Waals surface area contributed by atoms with Crippen LogP contribution < -0.4 is 10.6 Å². The molecule has 1 saturated heterocycles. The van der Waals surface area contributed by atoms with E-state index in [0.29, 0.717) is 6.54 Å². The summed E-state index contributed by atoms with van der Waals surface area (Å²) in [4.78, 5) is 14.0. The standard InChI is InChI=1S/C13H18IN3O2/c14-11-1-3-12(4-2-11)16-13(18)15-5-6-17-7-9-19-10-8-17/h1-4H,5-10H2,(H2,15,16,18). The van der Waals surface area contributed by atoms with Gasteiger partial charge in [0, 0.05) is 35.4 Å². The molecule has 0 aromatic heterocycles. The third kappa shape index (κ3) is 5.33. The molecule has 2 N–H and O–H groups in total. The minimum absolute atomic E-state index is 0.158. The lowest BCUT2D eigenvalue weighted by atomic mass is 10.3. The van der Waals surface area contributed by atoms with Gasteiger partial charge in [0.25, 0.3) is 0 Å². The first-order chi connectivity index (χ1) is 9.24. The molecule has 1 aromatic carbocycles. The molecule has 0 saturated carbocycles. The fourth-order valence-corrected chi connectivity index (χ4v) is 2.22. The van der Waals surface area contributed by atoms with Crippen LogP contribution in [0.1, 0.15) is 0 Å². The maximum atomic E-state index is 11.7. The predicted molar refractivity (Wildman–Crippen MR) is 83.4 cm³/mol. The maximum Gasteiger partial charge on any atom is 0.319 e. The van der Waals surface area contributed by atoms with E-state index in [1.54, 1.807) is 0 Å². The molecule has 0 unspecified atom stereocenters. The van der Waals surface area contributed by atoms with Crippen LogP contribution in [0.3, 0.4) is 0 Å². The van der Waals surface area contributed by atoms with E-state index in [1.807, 2.05) is 24.3 Å². The SMILES string of the molecule is O=C(NCCN1CCOCC1)Nc1ccc(I)cc1. The molecule has 1 fully saturated rings. The zero-order chi connectivity index (χ0) is 13.5. The number of carbonyl (C=O) groups is 1. The van der Waals surface area contributed by atoms with Crippen LogP contribution in [0.5, 0.6) is 0 Å². The highest BCUT2D eigenvalue weighted by atomic mass is 127. The van der Waals surface area contributed by atoms with Crippen molar-refractivity contribution in [3.63, 3.8) is 0 Å². The molecular weight excluding hydrogens is 357 g/mol. The lowest BCUT2D eigenvalue weighted by Crippen LogP contribution is -2.42. The molecule has 0 atom stereocenters. The number of amides is 2. The van der Waals surface area contributed by atoms with Gasteiger partial charge in [0.2, 0.25) is 0 Å². The van der Waals surface area contributed by atoms with Gasteiger partial charge in [-0.3, -0.25) is 4.90 Å². The van der Waals surface area contributed by atoms with Gasteiger partial charge < -0.3 is 15.4 Å². The maximum absolute atomic E-state index is 11.7. The molecule has 2 amide bonds. The van der Waals surface area contributed by atoms with Crippen LogP contribution in [0.15, 0.2) is 24.3 Å². The first-order valence-electron chi connectivity index (χ1n) is 6.34. The van der Waals surface area contributed by atoms with E-state index in [2.05, 4.69) is 38.1 Å². The first-order valence-corrected chi connectivity index (χ1v) is 7.42. The summed E-state index contributed by atoms with van der Waals surface area (Å²) in [5.41, 5.74) is 0.810. The monoisotopic (exact) mass is 375 g/mol. The van der Waals surface area contributed by atoms with Crippen molar-refractivity contribution >= 4 is 34.3 Å². The van der Waals surface area contributed by atoms with Gasteiger partial charge in [-0.25, -0.2) is 4.79 Å². The fourth-order valence-electron chi connectivity index (χ4n) is 1.86. The Morgan fingerprint density at radius 2 is 1.95 bits per heavy atom. The quantitative estimate of drug-likeness (QED) is 0.789. The highest BCUT2D eigenvalue weighted by molar-refractivity contribution is 14.1. The zero-order valence-corrected chi connectivity index (χ0v) is 12.9. The van der Waals surface area contributed by atoms with Gasteiger partial charge >= 0.3 is 6.03 Å². The summed E-state index contributed by atoms with van der Waals surface area (Å²) >= 11 is 2.23. The van der Waals surface area contributed by atoms with Crippen molar-refractivity contribution in [2.45, 2.75) is 0 Å². The van der Waals surface area contributed by atoms with Crippen molar-refractivity contribution in [3.05, 3.63) is 27.8 Å². The van der Waals surface area contributed by atoms with Gasteiger partial charge in [-0.05, 0) is 46.9 Å². The molecule has 2 rings (SSSR count). The molecule has 6 heteroatoms. The number of carbonyl (C=O) groups excluding carboxylic acids is 1. The second-order valence-corrected chi connectivity index (χ2v) is 5.59. The van der Waals surface area contributed by atoms with E-state index in [9.17, 15) is 4.79 Å². The number of morpholine rings is 1. The predicted octanol–water partition coefficient (Wildman–Crippen LogP) is 1.74. The summed E-state index contributed by atoms with van der Waals surface area (Å²) in [6.45, 7) is 4.98. The summed E-state index contributed by atoms with van der Waals surface area (Å²) in [5, 5.41) is 5.67. The smallest absolute Gasteiger partial charge is 0.319 e. The number of benzene rings is 1. The molecule has 1 aromatic rings. The van der Waals surface area contributed by atoms with E-state index >= 15 is 0 Å². The van der Waals surface area contributed by atoms with Crippen LogP contribution in [0, 0.1) is 3.57 Å². The number of urea groups is 1. The summed E-state index contributed by atoms with van der Waals surface area (Å²) in [5.74, 6) is 0. The lowest BCUT2D eigenvalue weighted by molar-refractivity contribution is 0.0388. The van der Waals surface area contributed by atoms with Crippen molar-refractivity contribution < 1.29 is 9.53 Å². The number of hydrogen-bond acceptors (Lipinski definition) is 3. The first kappa shape index (κ1) is 14.5. The average molecular weight is 375 g/mol. The number of rotatable bonds is 4. The van der Waals surface area contributed by atoms with Crippen LogP contribution in [-0.4, -0.2) is 50.3 Å². The van der Waals surface area contributed by atoms with Crippen LogP contribution in [0.25, 0.3) is 0 Å². The molecule has 0 bridgehead atoms. The molecule has 0 aliphatic carbocycles. The minimum Gasteiger partial charge on any atom is -0.379 e. The van der Waals surface area contributed by atoms with Crippen molar-refractivity contribution in [2.24, 2.45) is 0 Å². The Kier molecular flexibility index (Phi) is 5.87. The number of hydrogen-bond donors (Lipinski definition) is 2. The van der Waals surface area contributed by atoms with Gasteiger partial charge in [-0.2, -0.15) is 0 Å². The highest BCUT2D eigenvalue weighted by Crippen LogP contribution is 2.10. The Hall–Kier alpha value is -0.860. The van der Waals surface area contributed by atoms with E-state index in [1.165, 1.54) is 0 Å². The summed E-state index contributed by atoms with van der Waals surface area (Å²) in [7, 11) is 0. The Labute approximate surface area is 126 Å². The van der Waals surface area contributed by atoms with E-state index in [-0.39, 0.29) is 6.03 Å². The normalized spacial score (nSPS) is 16.1. The van der Waals surface area contributed by atoms with Gasteiger partial charge in [-0.1, -0.05) is 0 Å². The molecule has 1 aliphatic heterocycles. The van der Waals surface area contributed by atoms with Crippen molar-refractivity contribution in [2.75, 3.05) is 44.7 Å². The van der Waals surface area contributed by atoms with Crippen LogP contribution in [0.2, 0.25) is 0 Å². The van der Waals surface area contributed by atoms with Crippen LogP contribution in [0.4, 0.5) is 10.5 Å².